The summed E-state index contributed by atoms with van der Waals surface area (Å²) in [5.74, 6) is 0.462. The van der Waals surface area contributed by atoms with Crippen LogP contribution in [0.5, 0.6) is 5.75 Å². The molecule has 0 bridgehead atoms. The highest BCUT2D eigenvalue weighted by atomic mass is 32.2. The van der Waals surface area contributed by atoms with E-state index in [1.165, 1.54) is 0 Å². The maximum absolute atomic E-state index is 13.0. The van der Waals surface area contributed by atoms with Gasteiger partial charge in [-0.25, -0.2) is 4.79 Å². The van der Waals surface area contributed by atoms with Gasteiger partial charge in [0, 0.05) is 17.9 Å². The summed E-state index contributed by atoms with van der Waals surface area (Å²) in [6, 6.07) is 2.88. The van der Waals surface area contributed by atoms with Gasteiger partial charge in [0.25, 0.3) is 5.91 Å². The molecule has 0 aliphatic carbocycles. The number of carboxylic acid groups (broad SMARTS) is 1. The number of benzene rings is 1. The zero-order valence-electron chi connectivity index (χ0n) is 16.1. The van der Waals surface area contributed by atoms with Crippen LogP contribution < -0.4 is 10.1 Å². The maximum Gasteiger partial charge on any atom is 0.341 e. The Balaban J connectivity index is 2.16. The van der Waals surface area contributed by atoms with Crippen LogP contribution in [0.4, 0.5) is 0 Å². The minimum atomic E-state index is -1.06. The average Bonchev–Trinajstić information content (AvgIpc) is 3.07. The van der Waals surface area contributed by atoms with Crippen LogP contribution in [0.1, 0.15) is 35.3 Å². The third kappa shape index (κ3) is 5.38. The molecular formula is C19H26N2O5S. The normalized spacial score (nSPS) is 16.5. The number of aryl methyl sites for hydroxylation is 2. The minimum absolute atomic E-state index is 0.128. The lowest BCUT2D eigenvalue weighted by molar-refractivity contribution is -0.139. The molecule has 1 aliphatic rings. The number of carbonyl (C=O) groups is 3. The Morgan fingerprint density at radius 3 is 2.48 bits per heavy atom. The van der Waals surface area contributed by atoms with Crippen LogP contribution in [0.2, 0.25) is 0 Å². The SMILES string of the molecule is Cc1cc(C(=O)N2CSCC2C(=O)NCC(C)C)cc(C)c1OCC(=O)O. The zero-order chi connectivity index (χ0) is 20.1. The molecule has 0 radical (unpaired) electrons. The summed E-state index contributed by atoms with van der Waals surface area (Å²) < 4.78 is 5.31. The average molecular weight is 394 g/mol. The molecule has 2 amide bonds. The topological polar surface area (TPSA) is 95.9 Å². The molecule has 1 aliphatic heterocycles. The number of hydrogen-bond donors (Lipinski definition) is 2. The quantitative estimate of drug-likeness (QED) is 0.735. The summed E-state index contributed by atoms with van der Waals surface area (Å²) >= 11 is 1.55. The first kappa shape index (κ1) is 21.1. The molecule has 1 aromatic rings. The molecule has 0 aromatic heterocycles. The minimum Gasteiger partial charge on any atom is -0.481 e. The largest absolute Gasteiger partial charge is 0.481 e. The predicted octanol–water partition coefficient (Wildman–Crippen LogP) is 2.05. The molecular weight excluding hydrogens is 368 g/mol. The van der Waals surface area contributed by atoms with Gasteiger partial charge in [0.05, 0.1) is 5.88 Å². The van der Waals surface area contributed by atoms with Gasteiger partial charge >= 0.3 is 5.97 Å². The Morgan fingerprint density at radius 2 is 1.93 bits per heavy atom. The lowest BCUT2D eigenvalue weighted by Gasteiger charge is -2.24. The Kier molecular flexibility index (Phi) is 7.12. The van der Waals surface area contributed by atoms with Crippen LogP contribution in [0.25, 0.3) is 0 Å². The molecule has 1 atom stereocenters. The molecule has 7 nitrogen and oxygen atoms in total. The summed E-state index contributed by atoms with van der Waals surface area (Å²) in [7, 11) is 0. The molecule has 27 heavy (non-hydrogen) atoms. The standard InChI is InChI=1S/C19H26N2O5S/c1-11(2)7-20-18(24)15-9-27-10-21(15)19(25)14-5-12(3)17(13(4)6-14)26-8-16(22)23/h5-6,11,15H,7-10H2,1-4H3,(H,20,24)(H,22,23). The molecule has 0 spiro atoms. The second-order valence-electron chi connectivity index (χ2n) is 7.05. The maximum atomic E-state index is 13.0. The van der Waals surface area contributed by atoms with Gasteiger partial charge in [-0.05, 0) is 43.0 Å². The fraction of sp³-hybridized carbons (Fsp3) is 0.526. The number of aliphatic carboxylic acids is 1. The van der Waals surface area contributed by atoms with Crippen molar-refractivity contribution in [3.05, 3.63) is 28.8 Å². The fourth-order valence-electron chi connectivity index (χ4n) is 2.88. The number of carboxylic acids is 1. The third-order valence-corrected chi connectivity index (χ3v) is 5.19. The molecule has 1 saturated heterocycles. The van der Waals surface area contributed by atoms with Crippen LogP contribution in [0.3, 0.4) is 0 Å². The summed E-state index contributed by atoms with van der Waals surface area (Å²) in [5, 5.41) is 11.7. The van der Waals surface area contributed by atoms with E-state index in [4.69, 9.17) is 9.84 Å². The van der Waals surface area contributed by atoms with Crippen molar-refractivity contribution in [2.75, 3.05) is 24.8 Å². The van der Waals surface area contributed by atoms with Crippen molar-refractivity contribution in [3.63, 3.8) is 0 Å². The summed E-state index contributed by atoms with van der Waals surface area (Å²) in [4.78, 5) is 37.7. The van der Waals surface area contributed by atoms with Gasteiger partial charge in [-0.1, -0.05) is 13.8 Å². The van der Waals surface area contributed by atoms with E-state index in [1.807, 2.05) is 13.8 Å². The molecule has 1 heterocycles. The van der Waals surface area contributed by atoms with E-state index < -0.39 is 18.6 Å². The van der Waals surface area contributed by atoms with Crippen molar-refractivity contribution in [1.29, 1.82) is 0 Å². The Hall–Kier alpha value is -2.22. The number of hydrogen-bond acceptors (Lipinski definition) is 5. The van der Waals surface area contributed by atoms with E-state index in [0.29, 0.717) is 46.5 Å². The molecule has 148 valence electrons. The van der Waals surface area contributed by atoms with Crippen LogP contribution in [-0.4, -0.2) is 58.6 Å². The van der Waals surface area contributed by atoms with Crippen molar-refractivity contribution in [2.45, 2.75) is 33.7 Å². The monoisotopic (exact) mass is 394 g/mol. The van der Waals surface area contributed by atoms with Crippen molar-refractivity contribution in [3.8, 4) is 5.75 Å². The van der Waals surface area contributed by atoms with Gasteiger partial charge in [0.15, 0.2) is 6.61 Å². The first-order valence-electron chi connectivity index (χ1n) is 8.83. The number of ether oxygens (including phenoxy) is 1. The fourth-order valence-corrected chi connectivity index (χ4v) is 4.04. The number of carbonyl (C=O) groups excluding carboxylic acids is 2. The predicted molar refractivity (Wildman–Crippen MR) is 104 cm³/mol. The Morgan fingerprint density at radius 1 is 1.30 bits per heavy atom. The summed E-state index contributed by atoms with van der Waals surface area (Å²) in [6.07, 6.45) is 0. The van der Waals surface area contributed by atoms with Gasteiger partial charge in [0.2, 0.25) is 5.91 Å². The highest BCUT2D eigenvalue weighted by Crippen LogP contribution is 2.28. The van der Waals surface area contributed by atoms with Crippen molar-refractivity contribution in [1.82, 2.24) is 10.2 Å². The molecule has 2 rings (SSSR count). The summed E-state index contributed by atoms with van der Waals surface area (Å²) in [6.45, 7) is 7.73. The number of nitrogens with one attached hydrogen (secondary N) is 1. The number of amides is 2. The summed E-state index contributed by atoms with van der Waals surface area (Å²) in [5.41, 5.74) is 1.84. The second-order valence-corrected chi connectivity index (χ2v) is 8.05. The molecule has 1 fully saturated rings. The van der Waals surface area contributed by atoms with E-state index in [0.717, 1.165) is 0 Å². The van der Waals surface area contributed by atoms with Crippen molar-refractivity contribution in [2.24, 2.45) is 5.92 Å². The van der Waals surface area contributed by atoms with Gasteiger partial charge in [-0.3, -0.25) is 9.59 Å². The van der Waals surface area contributed by atoms with Gasteiger partial charge < -0.3 is 20.1 Å². The third-order valence-electron chi connectivity index (χ3n) is 4.18. The van der Waals surface area contributed by atoms with E-state index in [1.54, 1.807) is 42.6 Å². The van der Waals surface area contributed by atoms with Crippen LogP contribution >= 0.6 is 11.8 Å². The lowest BCUT2D eigenvalue weighted by atomic mass is 10.0. The molecule has 1 unspecified atom stereocenters. The van der Waals surface area contributed by atoms with Gasteiger partial charge in [-0.15, -0.1) is 11.8 Å². The highest BCUT2D eigenvalue weighted by Gasteiger charge is 2.35. The van der Waals surface area contributed by atoms with Gasteiger partial charge in [0.1, 0.15) is 11.8 Å². The van der Waals surface area contributed by atoms with E-state index in [2.05, 4.69) is 5.32 Å². The molecule has 0 saturated carbocycles. The first-order chi connectivity index (χ1) is 12.7. The van der Waals surface area contributed by atoms with E-state index >= 15 is 0 Å². The molecule has 2 N–H and O–H groups in total. The second kappa shape index (κ2) is 9.12. The van der Waals surface area contributed by atoms with Crippen molar-refractivity contribution >= 4 is 29.5 Å². The number of rotatable bonds is 7. The molecule has 1 aromatic carbocycles. The Bertz CT molecular complexity index is 712. The molecule has 8 heteroatoms. The van der Waals surface area contributed by atoms with Gasteiger partial charge in [-0.2, -0.15) is 0 Å². The smallest absolute Gasteiger partial charge is 0.341 e. The Labute approximate surface area is 163 Å². The van der Waals surface area contributed by atoms with Crippen LogP contribution in [-0.2, 0) is 9.59 Å². The van der Waals surface area contributed by atoms with Crippen molar-refractivity contribution < 1.29 is 24.2 Å². The first-order valence-corrected chi connectivity index (χ1v) is 9.98. The zero-order valence-corrected chi connectivity index (χ0v) is 16.9. The van der Waals surface area contributed by atoms with E-state index in [-0.39, 0.29) is 11.8 Å². The van der Waals surface area contributed by atoms with Crippen LogP contribution in [0.15, 0.2) is 12.1 Å². The highest BCUT2D eigenvalue weighted by molar-refractivity contribution is 7.99. The number of thioether (sulfide) groups is 1. The number of nitrogens with zero attached hydrogens (tertiary/aromatic N) is 1. The van der Waals surface area contributed by atoms with Crippen LogP contribution in [0, 0.1) is 19.8 Å². The van der Waals surface area contributed by atoms with E-state index in [9.17, 15) is 14.4 Å². The lowest BCUT2D eigenvalue weighted by Crippen LogP contribution is -2.48.